The maximum atomic E-state index is 3.18. The van der Waals surface area contributed by atoms with E-state index in [1.54, 1.807) is 0 Å². The second-order valence-electron chi connectivity index (χ2n) is 2.26. The van der Waals surface area contributed by atoms with Crippen molar-refractivity contribution in [2.45, 2.75) is 36.9 Å². The molecule has 7 heavy (non-hydrogen) atoms. The molecule has 2 radical (unpaired) electrons. The monoisotopic (exact) mass is 163 g/mol. The standard InChI is InChI=1S/C6H11Se/c7-6-4-2-1-3-5-6/h6H,1-5H2/q+1. The average Bonchev–Trinajstić information content (AvgIpc) is 1.69. The molecular formula is C6H11Se+. The molecule has 1 heteroatoms. The molecule has 0 aromatic carbocycles. The van der Waals surface area contributed by atoms with Crippen molar-refractivity contribution < 1.29 is 0 Å². The molecule has 0 atom stereocenters. The van der Waals surface area contributed by atoms with Gasteiger partial charge in [0.15, 0.2) is 0 Å². The van der Waals surface area contributed by atoms with Crippen LogP contribution in [0.2, 0.25) is 4.82 Å². The van der Waals surface area contributed by atoms with Gasteiger partial charge in [-0.2, -0.15) is 0 Å². The van der Waals surface area contributed by atoms with Gasteiger partial charge in [0.25, 0.3) is 0 Å². The summed E-state index contributed by atoms with van der Waals surface area (Å²) in [5.41, 5.74) is 0. The van der Waals surface area contributed by atoms with Crippen molar-refractivity contribution >= 4 is 16.0 Å². The van der Waals surface area contributed by atoms with Gasteiger partial charge >= 0.3 is 52.9 Å². The van der Waals surface area contributed by atoms with Gasteiger partial charge in [-0.1, -0.05) is 0 Å². The summed E-state index contributed by atoms with van der Waals surface area (Å²) in [6.45, 7) is 0. The van der Waals surface area contributed by atoms with Crippen LogP contribution < -0.4 is 0 Å². The van der Waals surface area contributed by atoms with Gasteiger partial charge in [-0.15, -0.1) is 0 Å². The Morgan fingerprint density at radius 3 is 1.86 bits per heavy atom. The molecule has 1 rings (SSSR count). The van der Waals surface area contributed by atoms with Crippen LogP contribution in [0.1, 0.15) is 32.1 Å². The first-order valence-corrected chi connectivity index (χ1v) is 4.04. The number of rotatable bonds is 0. The van der Waals surface area contributed by atoms with Gasteiger partial charge in [0, 0.05) is 0 Å². The summed E-state index contributed by atoms with van der Waals surface area (Å²) in [5.74, 6) is 0. The van der Waals surface area contributed by atoms with Crippen LogP contribution in [0.15, 0.2) is 0 Å². The average molecular weight is 162 g/mol. The third-order valence-corrected chi connectivity index (χ3v) is 2.54. The molecule has 0 aromatic heterocycles. The third kappa shape index (κ3) is 1.83. The van der Waals surface area contributed by atoms with Gasteiger partial charge < -0.3 is 0 Å². The summed E-state index contributed by atoms with van der Waals surface area (Å²) in [6, 6.07) is 0. The van der Waals surface area contributed by atoms with E-state index in [4.69, 9.17) is 0 Å². The molecule has 1 aliphatic rings. The van der Waals surface area contributed by atoms with Crippen molar-refractivity contribution in [1.82, 2.24) is 0 Å². The van der Waals surface area contributed by atoms with E-state index in [0.29, 0.717) is 0 Å². The molecule has 1 fully saturated rings. The molecule has 0 aromatic rings. The molecule has 0 bridgehead atoms. The quantitative estimate of drug-likeness (QED) is 0.477. The minimum absolute atomic E-state index is 0.911. The molecule has 0 saturated heterocycles. The van der Waals surface area contributed by atoms with Gasteiger partial charge in [0.05, 0.1) is 0 Å². The molecule has 0 nitrogen and oxygen atoms in total. The summed E-state index contributed by atoms with van der Waals surface area (Å²) in [4.78, 5) is 0.911. The van der Waals surface area contributed by atoms with Crippen molar-refractivity contribution in [3.05, 3.63) is 0 Å². The fraction of sp³-hybridized carbons (Fsp3) is 1.00. The predicted octanol–water partition coefficient (Wildman–Crippen LogP) is 1.91. The minimum atomic E-state index is 0.911. The molecule has 0 amide bonds. The van der Waals surface area contributed by atoms with Gasteiger partial charge in [0.2, 0.25) is 0 Å². The Morgan fingerprint density at radius 2 is 1.57 bits per heavy atom. The molecule has 1 saturated carbocycles. The van der Waals surface area contributed by atoms with Crippen LogP contribution >= 0.6 is 0 Å². The second-order valence-corrected chi connectivity index (χ2v) is 3.66. The number of hydrogen-bond acceptors (Lipinski definition) is 0. The molecule has 0 aliphatic heterocycles. The Kier molecular flexibility index (Phi) is 2.21. The SMILES string of the molecule is [Se+]C1CCCCC1. The zero-order valence-corrected chi connectivity index (χ0v) is 6.23. The Morgan fingerprint density at radius 1 is 1.00 bits per heavy atom. The zero-order valence-electron chi connectivity index (χ0n) is 4.52. The van der Waals surface area contributed by atoms with E-state index in [1.807, 2.05) is 0 Å². The first-order valence-electron chi connectivity index (χ1n) is 3.05. The van der Waals surface area contributed by atoms with E-state index >= 15 is 0 Å². The summed E-state index contributed by atoms with van der Waals surface area (Å²) in [6.07, 6.45) is 7.24. The molecule has 0 heterocycles. The normalized spacial score (nSPS) is 25.3. The molecule has 0 unspecified atom stereocenters. The van der Waals surface area contributed by atoms with E-state index in [9.17, 15) is 0 Å². The van der Waals surface area contributed by atoms with Crippen LogP contribution in [0.4, 0.5) is 0 Å². The summed E-state index contributed by atoms with van der Waals surface area (Å²) in [5, 5.41) is 0. The second kappa shape index (κ2) is 2.74. The third-order valence-electron chi connectivity index (χ3n) is 1.55. The van der Waals surface area contributed by atoms with Crippen LogP contribution in [0, 0.1) is 0 Å². The first kappa shape index (κ1) is 5.65. The molecule has 1 aliphatic carbocycles. The van der Waals surface area contributed by atoms with Crippen molar-refractivity contribution in [3.63, 3.8) is 0 Å². The van der Waals surface area contributed by atoms with Crippen molar-refractivity contribution in [1.29, 1.82) is 0 Å². The van der Waals surface area contributed by atoms with Crippen LogP contribution in [0.3, 0.4) is 0 Å². The van der Waals surface area contributed by atoms with E-state index in [1.165, 1.54) is 32.1 Å². The van der Waals surface area contributed by atoms with E-state index < -0.39 is 0 Å². The van der Waals surface area contributed by atoms with Crippen molar-refractivity contribution in [2.24, 2.45) is 0 Å². The van der Waals surface area contributed by atoms with Crippen LogP contribution in [-0.2, 0) is 0 Å². The van der Waals surface area contributed by atoms with E-state index in [0.717, 1.165) is 4.82 Å². The van der Waals surface area contributed by atoms with Gasteiger partial charge in [-0.3, -0.25) is 0 Å². The Balaban J connectivity index is 2.12. The van der Waals surface area contributed by atoms with E-state index in [-0.39, 0.29) is 0 Å². The Hall–Kier alpha value is 0.519. The van der Waals surface area contributed by atoms with Crippen LogP contribution in [0.5, 0.6) is 0 Å². The van der Waals surface area contributed by atoms with Crippen molar-refractivity contribution in [2.75, 3.05) is 0 Å². The maximum absolute atomic E-state index is 3.18. The predicted molar refractivity (Wildman–Crippen MR) is 32.6 cm³/mol. The molecule has 40 valence electrons. The van der Waals surface area contributed by atoms with Crippen LogP contribution in [-0.4, -0.2) is 16.0 Å². The fourth-order valence-electron chi connectivity index (χ4n) is 1.07. The summed E-state index contributed by atoms with van der Waals surface area (Å²) in [7, 11) is 0. The van der Waals surface area contributed by atoms with Gasteiger partial charge in [-0.25, -0.2) is 0 Å². The number of hydrogen-bond donors (Lipinski definition) is 0. The summed E-state index contributed by atoms with van der Waals surface area (Å²) >= 11 is 3.18. The van der Waals surface area contributed by atoms with Gasteiger partial charge in [-0.05, 0) is 0 Å². The first-order chi connectivity index (χ1) is 3.39. The van der Waals surface area contributed by atoms with E-state index in [2.05, 4.69) is 16.0 Å². The van der Waals surface area contributed by atoms with Crippen LogP contribution in [0.25, 0.3) is 0 Å². The molecule has 0 spiro atoms. The summed E-state index contributed by atoms with van der Waals surface area (Å²) < 4.78 is 0. The Bertz CT molecular complexity index is 46.1. The zero-order chi connectivity index (χ0) is 5.11. The van der Waals surface area contributed by atoms with Gasteiger partial charge in [0.1, 0.15) is 0 Å². The topological polar surface area (TPSA) is 0 Å². The van der Waals surface area contributed by atoms with Crippen molar-refractivity contribution in [3.8, 4) is 0 Å². The molecule has 0 N–H and O–H groups in total. The molecular weight excluding hydrogens is 151 g/mol. The fourth-order valence-corrected chi connectivity index (χ4v) is 1.76. The Labute approximate surface area is 53.5 Å².